The third kappa shape index (κ3) is 5.05. The number of aromatic nitrogens is 1. The molecule has 3 heterocycles. The van der Waals surface area contributed by atoms with Gasteiger partial charge in [-0.1, -0.05) is 36.0 Å². The largest absolute Gasteiger partial charge is 0.336 e. The minimum absolute atomic E-state index is 0.126. The third-order valence-corrected chi connectivity index (χ3v) is 7.44. The van der Waals surface area contributed by atoms with Crippen LogP contribution in [0.25, 0.3) is 0 Å². The van der Waals surface area contributed by atoms with Crippen LogP contribution in [0.4, 0.5) is 11.4 Å². The van der Waals surface area contributed by atoms with Crippen molar-refractivity contribution in [2.75, 3.05) is 31.1 Å². The van der Waals surface area contributed by atoms with Crippen molar-refractivity contribution in [1.29, 1.82) is 0 Å². The standard InChI is InChI=1S/C26H29N5OS/c32-26(20-10-15-27-16-11-20)29-28-14-5-17-30-18-12-21(13-19-30)31-22-6-1-3-8-24(22)33-25-9-4-2-7-23(25)31/h1-4,6-11,15-16,21,28H,5,12-14,17-19H2,(H,29,32). The van der Waals surface area contributed by atoms with E-state index < -0.39 is 0 Å². The predicted molar refractivity (Wildman–Crippen MR) is 133 cm³/mol. The summed E-state index contributed by atoms with van der Waals surface area (Å²) in [6.07, 6.45) is 6.54. The lowest BCUT2D eigenvalue weighted by Gasteiger charge is -2.42. The summed E-state index contributed by atoms with van der Waals surface area (Å²) in [5, 5.41) is 0. The molecule has 1 fully saturated rings. The van der Waals surface area contributed by atoms with E-state index in [0.29, 0.717) is 11.6 Å². The van der Waals surface area contributed by atoms with E-state index in [4.69, 9.17) is 0 Å². The molecule has 1 aromatic heterocycles. The summed E-state index contributed by atoms with van der Waals surface area (Å²) in [5.74, 6) is -0.126. The van der Waals surface area contributed by atoms with Crippen LogP contribution in [-0.4, -0.2) is 48.0 Å². The van der Waals surface area contributed by atoms with Gasteiger partial charge in [0.05, 0.1) is 11.4 Å². The Kier molecular flexibility index (Phi) is 6.90. The fourth-order valence-corrected chi connectivity index (χ4v) is 5.71. The Labute approximate surface area is 199 Å². The van der Waals surface area contributed by atoms with Crippen LogP contribution >= 0.6 is 11.8 Å². The molecule has 2 aromatic carbocycles. The fourth-order valence-electron chi connectivity index (χ4n) is 4.64. The van der Waals surface area contributed by atoms with E-state index in [-0.39, 0.29) is 5.91 Å². The molecule has 6 nitrogen and oxygen atoms in total. The molecular formula is C26H29N5OS. The van der Waals surface area contributed by atoms with Crippen LogP contribution in [-0.2, 0) is 0 Å². The molecule has 170 valence electrons. The Morgan fingerprint density at radius 2 is 1.58 bits per heavy atom. The Morgan fingerprint density at radius 1 is 0.939 bits per heavy atom. The first-order chi connectivity index (χ1) is 16.3. The summed E-state index contributed by atoms with van der Waals surface area (Å²) < 4.78 is 0. The summed E-state index contributed by atoms with van der Waals surface area (Å²) in [4.78, 5) is 23.8. The first-order valence-electron chi connectivity index (χ1n) is 11.6. The summed E-state index contributed by atoms with van der Waals surface area (Å²) >= 11 is 1.87. The Hall–Kier alpha value is -2.87. The van der Waals surface area contributed by atoms with Crippen LogP contribution in [0.1, 0.15) is 29.6 Å². The van der Waals surface area contributed by atoms with Crippen molar-refractivity contribution in [2.45, 2.75) is 35.1 Å². The molecule has 7 heteroatoms. The number of pyridine rings is 1. The maximum atomic E-state index is 12.1. The molecule has 3 aromatic rings. The quantitative estimate of drug-likeness (QED) is 0.402. The highest BCUT2D eigenvalue weighted by Crippen LogP contribution is 2.49. The second-order valence-electron chi connectivity index (χ2n) is 8.45. The van der Waals surface area contributed by atoms with Gasteiger partial charge >= 0.3 is 0 Å². The number of rotatable bonds is 7. The van der Waals surface area contributed by atoms with Gasteiger partial charge in [0.1, 0.15) is 0 Å². The van der Waals surface area contributed by atoms with E-state index in [1.165, 1.54) is 21.2 Å². The van der Waals surface area contributed by atoms with E-state index >= 15 is 0 Å². The number of benzene rings is 2. The first-order valence-corrected chi connectivity index (χ1v) is 12.4. The van der Waals surface area contributed by atoms with Crippen LogP contribution in [0, 0.1) is 0 Å². The number of para-hydroxylation sites is 2. The molecule has 0 unspecified atom stereocenters. The van der Waals surface area contributed by atoms with Gasteiger partial charge in [-0.3, -0.25) is 15.2 Å². The van der Waals surface area contributed by atoms with Crippen molar-refractivity contribution in [3.63, 3.8) is 0 Å². The van der Waals surface area contributed by atoms with E-state index in [2.05, 4.69) is 74.2 Å². The number of anilines is 2. The molecule has 1 amide bonds. The van der Waals surface area contributed by atoms with Crippen molar-refractivity contribution in [1.82, 2.24) is 20.7 Å². The lowest BCUT2D eigenvalue weighted by molar-refractivity contribution is 0.0932. The van der Waals surface area contributed by atoms with E-state index in [1.54, 1.807) is 24.5 Å². The number of likely N-dealkylation sites (tertiary alicyclic amines) is 1. The Balaban J connectivity index is 1.11. The molecule has 0 aliphatic carbocycles. The average molecular weight is 460 g/mol. The maximum Gasteiger partial charge on any atom is 0.265 e. The molecule has 2 aliphatic rings. The highest BCUT2D eigenvalue weighted by atomic mass is 32.2. The minimum Gasteiger partial charge on any atom is -0.336 e. The van der Waals surface area contributed by atoms with Gasteiger partial charge in [-0.15, -0.1) is 0 Å². The summed E-state index contributed by atoms with van der Waals surface area (Å²) in [7, 11) is 0. The first kappa shape index (κ1) is 21.9. The zero-order valence-corrected chi connectivity index (χ0v) is 19.4. The van der Waals surface area contributed by atoms with Crippen molar-refractivity contribution in [3.8, 4) is 0 Å². The number of amides is 1. The number of carbonyl (C=O) groups is 1. The molecule has 0 saturated carbocycles. The van der Waals surface area contributed by atoms with Crippen LogP contribution in [0.5, 0.6) is 0 Å². The second kappa shape index (κ2) is 10.4. The third-order valence-electron chi connectivity index (χ3n) is 6.31. The smallest absolute Gasteiger partial charge is 0.265 e. The number of hydrogen-bond donors (Lipinski definition) is 2. The van der Waals surface area contributed by atoms with Crippen LogP contribution in [0.15, 0.2) is 82.8 Å². The van der Waals surface area contributed by atoms with Gasteiger partial charge in [-0.05, 0) is 62.2 Å². The molecule has 2 aliphatic heterocycles. The molecule has 2 N–H and O–H groups in total. The van der Waals surface area contributed by atoms with E-state index in [1.807, 2.05) is 11.8 Å². The van der Waals surface area contributed by atoms with Crippen molar-refractivity contribution < 1.29 is 4.79 Å². The normalized spacial score (nSPS) is 16.2. The number of nitrogens with one attached hydrogen (secondary N) is 2. The lowest BCUT2D eigenvalue weighted by atomic mass is 10.0. The van der Waals surface area contributed by atoms with Crippen molar-refractivity contribution in [2.24, 2.45) is 0 Å². The monoisotopic (exact) mass is 459 g/mol. The summed E-state index contributed by atoms with van der Waals surface area (Å²) in [6, 6.07) is 21.5. The molecule has 1 saturated heterocycles. The number of carbonyl (C=O) groups excluding carboxylic acids is 1. The van der Waals surface area contributed by atoms with Gasteiger partial charge in [0, 0.05) is 53.4 Å². The number of piperidine rings is 1. The molecular weight excluding hydrogens is 430 g/mol. The van der Waals surface area contributed by atoms with Gasteiger partial charge in [0.25, 0.3) is 5.91 Å². The summed E-state index contributed by atoms with van der Waals surface area (Å²) in [5.41, 5.74) is 9.10. The van der Waals surface area contributed by atoms with Crippen molar-refractivity contribution >= 4 is 29.0 Å². The Bertz CT molecular complexity index is 1040. The number of nitrogens with zero attached hydrogens (tertiary/aromatic N) is 3. The molecule has 5 rings (SSSR count). The zero-order valence-electron chi connectivity index (χ0n) is 18.6. The van der Waals surface area contributed by atoms with Gasteiger partial charge in [-0.2, -0.15) is 0 Å². The second-order valence-corrected chi connectivity index (χ2v) is 9.53. The number of hydrogen-bond acceptors (Lipinski definition) is 6. The topological polar surface area (TPSA) is 60.5 Å². The van der Waals surface area contributed by atoms with Crippen LogP contribution in [0.2, 0.25) is 0 Å². The Morgan fingerprint density at radius 3 is 2.24 bits per heavy atom. The van der Waals surface area contributed by atoms with Crippen LogP contribution in [0.3, 0.4) is 0 Å². The fraction of sp³-hybridized carbons (Fsp3) is 0.308. The molecule has 0 bridgehead atoms. The molecule has 0 radical (unpaired) electrons. The van der Waals surface area contributed by atoms with E-state index in [0.717, 1.165) is 45.4 Å². The van der Waals surface area contributed by atoms with Gasteiger partial charge in [0.15, 0.2) is 0 Å². The van der Waals surface area contributed by atoms with Crippen LogP contribution < -0.4 is 15.8 Å². The SMILES string of the molecule is O=C(NNCCCN1CCC(N2c3ccccc3Sc3ccccc32)CC1)c1ccncc1. The zero-order chi connectivity index (χ0) is 22.5. The summed E-state index contributed by atoms with van der Waals surface area (Å²) in [6.45, 7) is 3.98. The van der Waals surface area contributed by atoms with Gasteiger partial charge in [-0.25, -0.2) is 5.43 Å². The maximum absolute atomic E-state index is 12.1. The van der Waals surface area contributed by atoms with Crippen molar-refractivity contribution in [3.05, 3.63) is 78.6 Å². The number of hydrazine groups is 1. The molecule has 0 spiro atoms. The number of fused-ring (bicyclic) bond motifs is 2. The highest BCUT2D eigenvalue weighted by Gasteiger charge is 2.31. The highest BCUT2D eigenvalue weighted by molar-refractivity contribution is 7.99. The minimum atomic E-state index is -0.126. The molecule has 33 heavy (non-hydrogen) atoms. The molecule has 0 atom stereocenters. The predicted octanol–water partition coefficient (Wildman–Crippen LogP) is 4.47. The van der Waals surface area contributed by atoms with Gasteiger partial charge in [0.2, 0.25) is 0 Å². The van der Waals surface area contributed by atoms with Gasteiger partial charge < -0.3 is 9.80 Å². The lowest BCUT2D eigenvalue weighted by Crippen LogP contribution is -2.45. The average Bonchev–Trinajstić information content (AvgIpc) is 2.88. The van der Waals surface area contributed by atoms with E-state index in [9.17, 15) is 4.79 Å².